The van der Waals surface area contributed by atoms with Gasteiger partial charge in [0, 0.05) is 10.9 Å². The van der Waals surface area contributed by atoms with Crippen LogP contribution in [-0.2, 0) is 14.4 Å². The number of hydrazone groups is 1. The van der Waals surface area contributed by atoms with Crippen molar-refractivity contribution in [3.05, 3.63) is 93.5 Å². The van der Waals surface area contributed by atoms with Gasteiger partial charge >= 0.3 is 0 Å². The summed E-state index contributed by atoms with van der Waals surface area (Å²) in [6.07, 6.45) is 4.71. The van der Waals surface area contributed by atoms with Crippen LogP contribution < -0.4 is 14.4 Å². The van der Waals surface area contributed by atoms with Gasteiger partial charge in [0.05, 0.1) is 36.7 Å². The number of hydrogen-bond donors (Lipinski definition) is 0. The zero-order chi connectivity index (χ0) is 32.8. The second-order valence-corrected chi connectivity index (χ2v) is 12.5. The lowest BCUT2D eigenvalue weighted by Gasteiger charge is -2.30. The maximum atomic E-state index is 14.2. The fraction of sp³-hybridized carbons (Fsp3) is 0.294. The molecular formula is C34H30Cl2N6O5. The third-order valence-electron chi connectivity index (χ3n) is 8.98. The molecule has 3 heterocycles. The van der Waals surface area contributed by atoms with Gasteiger partial charge in [-0.3, -0.25) is 19.4 Å². The molecule has 3 aliphatic heterocycles. The minimum Gasteiger partial charge on any atom is -0.497 e. The lowest BCUT2D eigenvalue weighted by Crippen LogP contribution is -2.45. The third-order valence-corrected chi connectivity index (χ3v) is 9.51. The van der Waals surface area contributed by atoms with Crippen LogP contribution >= 0.6 is 23.2 Å². The van der Waals surface area contributed by atoms with Crippen LogP contribution in [0.1, 0.15) is 36.4 Å². The molecule has 13 heteroatoms. The summed E-state index contributed by atoms with van der Waals surface area (Å²) in [5, 5.41) is 16.4. The van der Waals surface area contributed by atoms with Gasteiger partial charge in [-0.2, -0.15) is 10.2 Å². The highest BCUT2D eigenvalue weighted by molar-refractivity contribution is 6.38. The van der Waals surface area contributed by atoms with E-state index in [-0.39, 0.29) is 35.1 Å². The van der Waals surface area contributed by atoms with Crippen LogP contribution in [0.25, 0.3) is 6.08 Å². The predicted molar refractivity (Wildman–Crippen MR) is 176 cm³/mol. The molecule has 4 aliphatic rings. The first-order chi connectivity index (χ1) is 22.8. The largest absolute Gasteiger partial charge is 0.497 e. The maximum absolute atomic E-state index is 14.2. The molecule has 47 heavy (non-hydrogen) atoms. The van der Waals surface area contributed by atoms with Crippen LogP contribution in [0.2, 0.25) is 10.0 Å². The molecule has 0 N–H and O–H groups in total. The number of halogens is 2. The van der Waals surface area contributed by atoms with Gasteiger partial charge < -0.3 is 9.47 Å². The SMILES string of the molecule is COc1ccc(/C=C2\CCC[C@@H]3C2=NN(C(=O)CN2N=N[C@@H]4C(=O)N(c5ccc(Cl)cc5Cl)C(=O)[C@@H]42)[C@@H]3c2ccc(OC)cc2)cc1. The first-order valence-corrected chi connectivity index (χ1v) is 15.9. The molecule has 1 aliphatic carbocycles. The van der Waals surface area contributed by atoms with Gasteiger partial charge in [0.2, 0.25) is 0 Å². The number of allylic oxidation sites excluding steroid dienone is 1. The van der Waals surface area contributed by atoms with Crippen LogP contribution in [0.4, 0.5) is 5.69 Å². The minimum absolute atomic E-state index is 0.0456. The highest BCUT2D eigenvalue weighted by Crippen LogP contribution is 2.45. The van der Waals surface area contributed by atoms with Gasteiger partial charge in [-0.25, -0.2) is 9.91 Å². The van der Waals surface area contributed by atoms with E-state index in [0.29, 0.717) is 10.8 Å². The lowest BCUT2D eigenvalue weighted by molar-refractivity contribution is -0.136. The van der Waals surface area contributed by atoms with Crippen molar-refractivity contribution < 1.29 is 23.9 Å². The van der Waals surface area contributed by atoms with Crippen molar-refractivity contribution in [1.82, 2.24) is 10.0 Å². The van der Waals surface area contributed by atoms with E-state index in [9.17, 15) is 14.4 Å². The molecule has 4 atom stereocenters. The molecular weight excluding hydrogens is 643 g/mol. The fourth-order valence-electron chi connectivity index (χ4n) is 6.71. The number of benzene rings is 3. The minimum atomic E-state index is -1.09. The van der Waals surface area contributed by atoms with E-state index in [0.717, 1.165) is 52.3 Å². The molecule has 0 aromatic heterocycles. The number of hydrogen-bond acceptors (Lipinski definition) is 9. The average Bonchev–Trinajstić information content (AvgIpc) is 3.75. The Labute approximate surface area is 281 Å². The number of ether oxygens (including phenoxy) is 2. The number of rotatable bonds is 7. The first-order valence-electron chi connectivity index (χ1n) is 15.2. The maximum Gasteiger partial charge on any atom is 0.264 e. The van der Waals surface area contributed by atoms with Crippen LogP contribution in [0.15, 0.2) is 87.7 Å². The zero-order valence-electron chi connectivity index (χ0n) is 25.5. The van der Waals surface area contributed by atoms with E-state index in [4.69, 9.17) is 37.8 Å². The number of imide groups is 1. The summed E-state index contributed by atoms with van der Waals surface area (Å²) in [4.78, 5) is 42.1. The number of amides is 3. The van der Waals surface area contributed by atoms with Crippen molar-refractivity contribution in [2.45, 2.75) is 37.4 Å². The number of fused-ring (bicyclic) bond motifs is 2. The van der Waals surface area contributed by atoms with Gasteiger partial charge in [0.25, 0.3) is 17.7 Å². The highest BCUT2D eigenvalue weighted by Gasteiger charge is 2.56. The molecule has 0 bridgehead atoms. The number of methoxy groups -OCH3 is 2. The van der Waals surface area contributed by atoms with Crippen molar-refractivity contribution in [1.29, 1.82) is 0 Å². The summed E-state index contributed by atoms with van der Waals surface area (Å²) in [7, 11) is 3.24. The Balaban J connectivity index is 1.19. The second kappa shape index (κ2) is 12.5. The summed E-state index contributed by atoms with van der Waals surface area (Å²) >= 11 is 12.4. The Kier molecular flexibility index (Phi) is 8.19. The molecule has 0 unspecified atom stereocenters. The summed E-state index contributed by atoms with van der Waals surface area (Å²) in [6, 6.07) is 17.4. The fourth-order valence-corrected chi connectivity index (χ4v) is 7.20. The van der Waals surface area contributed by atoms with Crippen molar-refractivity contribution in [2.75, 3.05) is 25.7 Å². The molecule has 11 nitrogen and oxygen atoms in total. The Morgan fingerprint density at radius 1 is 0.936 bits per heavy atom. The Bertz CT molecular complexity index is 1840. The second-order valence-electron chi connectivity index (χ2n) is 11.7. The van der Waals surface area contributed by atoms with Crippen molar-refractivity contribution >= 4 is 58.4 Å². The number of anilines is 1. The summed E-state index contributed by atoms with van der Waals surface area (Å²) in [6.45, 7) is -0.306. The third kappa shape index (κ3) is 5.53. The van der Waals surface area contributed by atoms with Crippen LogP contribution in [-0.4, -0.2) is 66.3 Å². The number of nitrogens with zero attached hydrogens (tertiary/aromatic N) is 6. The summed E-state index contributed by atoms with van der Waals surface area (Å²) < 4.78 is 10.7. The van der Waals surface area contributed by atoms with Crippen LogP contribution in [0.3, 0.4) is 0 Å². The van der Waals surface area contributed by atoms with Gasteiger partial charge in [-0.05, 0) is 84.5 Å². The van der Waals surface area contributed by atoms with E-state index in [2.05, 4.69) is 16.4 Å². The molecule has 3 aromatic rings. The van der Waals surface area contributed by atoms with E-state index in [1.165, 1.54) is 22.2 Å². The Morgan fingerprint density at radius 2 is 1.64 bits per heavy atom. The van der Waals surface area contributed by atoms with Crippen molar-refractivity contribution in [2.24, 2.45) is 21.4 Å². The van der Waals surface area contributed by atoms with Crippen LogP contribution in [0, 0.1) is 5.92 Å². The highest BCUT2D eigenvalue weighted by atomic mass is 35.5. The Hall–Kier alpha value is -4.74. The summed E-state index contributed by atoms with van der Waals surface area (Å²) in [5.74, 6) is -0.0890. The Morgan fingerprint density at radius 3 is 2.32 bits per heavy atom. The molecule has 240 valence electrons. The molecule has 7 rings (SSSR count). The van der Waals surface area contributed by atoms with Gasteiger partial charge in [-0.15, -0.1) is 0 Å². The smallest absolute Gasteiger partial charge is 0.264 e. The molecule has 1 saturated carbocycles. The lowest BCUT2D eigenvalue weighted by atomic mass is 9.77. The van der Waals surface area contributed by atoms with Crippen molar-refractivity contribution in [3.8, 4) is 11.5 Å². The van der Waals surface area contributed by atoms with Gasteiger partial charge in [0.15, 0.2) is 12.1 Å². The van der Waals surface area contributed by atoms with Gasteiger partial charge in [0.1, 0.15) is 18.0 Å². The quantitative estimate of drug-likeness (QED) is 0.279. The van der Waals surface area contributed by atoms with E-state index >= 15 is 0 Å². The predicted octanol–water partition coefficient (Wildman–Crippen LogP) is 6.13. The van der Waals surface area contributed by atoms with E-state index < -0.39 is 23.9 Å². The normalized spacial score (nSPS) is 24.1. The summed E-state index contributed by atoms with van der Waals surface area (Å²) in [5.41, 5.74) is 4.04. The molecule has 3 aromatic carbocycles. The number of carbonyl (C=O) groups is 3. The topological polar surface area (TPSA) is 116 Å². The van der Waals surface area contributed by atoms with Gasteiger partial charge in [-0.1, -0.05) is 52.7 Å². The van der Waals surface area contributed by atoms with E-state index in [1.807, 2.05) is 48.5 Å². The standard InChI is InChI=1S/C34H30Cl2N6O5/c1-46-23-11-6-19(7-12-23)16-21-4-3-5-25-29(21)38-42(31(25)20-8-13-24(47-2)14-9-20)28(43)18-40-32-30(37-39-40)33(44)41(34(32)45)27-15-10-22(35)17-26(27)36/h6-17,25,30-32H,3-5,18H2,1-2H3/b21-16+/t25-,30+,31-,32-/m1/s1. The zero-order valence-corrected chi connectivity index (χ0v) is 27.1. The molecule has 2 fully saturated rings. The molecule has 1 saturated heterocycles. The van der Waals surface area contributed by atoms with E-state index in [1.54, 1.807) is 20.3 Å². The van der Waals surface area contributed by atoms with Crippen molar-refractivity contribution in [3.63, 3.8) is 0 Å². The molecule has 0 radical (unpaired) electrons. The number of carbonyl (C=O) groups excluding carboxylic acids is 3. The monoisotopic (exact) mass is 672 g/mol. The molecule has 3 amide bonds. The average molecular weight is 674 g/mol. The first kappa shape index (κ1) is 30.9. The van der Waals surface area contributed by atoms with Crippen LogP contribution in [0.5, 0.6) is 11.5 Å². The molecule has 0 spiro atoms.